The number of nitrogens with two attached hydrogens (primary N) is 1. The first-order valence-electron chi connectivity index (χ1n) is 9.31. The van der Waals surface area contributed by atoms with Crippen molar-refractivity contribution in [3.8, 4) is 0 Å². The highest BCUT2D eigenvalue weighted by molar-refractivity contribution is 6.29. The molecule has 0 aliphatic carbocycles. The molecule has 0 saturated carbocycles. The van der Waals surface area contributed by atoms with Gasteiger partial charge in [0.2, 0.25) is 0 Å². The van der Waals surface area contributed by atoms with Gasteiger partial charge in [0.05, 0.1) is 30.1 Å². The van der Waals surface area contributed by atoms with Crippen LogP contribution in [-0.4, -0.2) is 48.1 Å². The predicted octanol–water partition coefficient (Wildman–Crippen LogP) is 1.89. The second-order valence-electron chi connectivity index (χ2n) is 7.13. The summed E-state index contributed by atoms with van der Waals surface area (Å²) >= 11 is 5.96. The minimum absolute atomic E-state index is 0.235. The van der Waals surface area contributed by atoms with E-state index < -0.39 is 0 Å². The summed E-state index contributed by atoms with van der Waals surface area (Å²) in [4.78, 5) is 17.1. The highest BCUT2D eigenvalue weighted by Gasteiger charge is 2.19. The quantitative estimate of drug-likeness (QED) is 0.449. The van der Waals surface area contributed by atoms with E-state index >= 15 is 0 Å². The third-order valence-electron chi connectivity index (χ3n) is 4.65. The van der Waals surface area contributed by atoms with Crippen LogP contribution in [0.2, 0.25) is 5.15 Å². The minimum Gasteiger partial charge on any atom is -0.397 e. The number of aryl methyl sites for hydroxylation is 2. The lowest BCUT2D eigenvalue weighted by Gasteiger charge is -2.14. The van der Waals surface area contributed by atoms with E-state index in [0.29, 0.717) is 41.5 Å². The number of carbonyl (C=O) groups excluding carboxylic acids is 1. The van der Waals surface area contributed by atoms with Crippen molar-refractivity contribution in [2.24, 2.45) is 7.05 Å². The van der Waals surface area contributed by atoms with Crippen LogP contribution in [0.3, 0.4) is 0 Å². The van der Waals surface area contributed by atoms with E-state index in [-0.39, 0.29) is 17.1 Å². The van der Waals surface area contributed by atoms with Crippen LogP contribution >= 0.6 is 11.6 Å². The molecule has 1 amide bonds. The molecule has 0 aliphatic heterocycles. The van der Waals surface area contributed by atoms with Crippen LogP contribution in [0, 0.1) is 6.92 Å². The van der Waals surface area contributed by atoms with Crippen LogP contribution in [0.1, 0.15) is 28.7 Å². The van der Waals surface area contributed by atoms with E-state index in [0.717, 1.165) is 11.1 Å². The molecule has 0 saturated heterocycles. The molecule has 156 valence electrons. The fourth-order valence-corrected chi connectivity index (χ4v) is 3.41. The van der Waals surface area contributed by atoms with Crippen molar-refractivity contribution in [1.82, 2.24) is 34.9 Å². The smallest absolute Gasteiger partial charge is 0.272 e. The molecule has 0 unspecified atom stereocenters. The zero-order chi connectivity index (χ0) is 21.4. The number of benzene rings is 1. The van der Waals surface area contributed by atoms with E-state index in [2.05, 4.69) is 25.7 Å². The number of hydrogen-bond acceptors (Lipinski definition) is 7. The van der Waals surface area contributed by atoms with Gasteiger partial charge in [-0.3, -0.25) is 4.79 Å². The average molecular weight is 429 g/mol. The first-order valence-corrected chi connectivity index (χ1v) is 9.69. The third-order valence-corrected chi connectivity index (χ3v) is 4.86. The van der Waals surface area contributed by atoms with Gasteiger partial charge in [0.25, 0.3) is 5.91 Å². The Morgan fingerprint density at radius 2 is 2.17 bits per heavy atom. The Bertz CT molecular complexity index is 1250. The number of imidazole rings is 1. The molecule has 0 aliphatic rings. The lowest BCUT2D eigenvalue weighted by atomic mass is 10.2. The molecule has 3 aromatic heterocycles. The van der Waals surface area contributed by atoms with E-state index in [1.54, 1.807) is 30.8 Å². The van der Waals surface area contributed by atoms with Gasteiger partial charge < -0.3 is 15.8 Å². The Labute approximate surface area is 177 Å². The molecule has 0 spiro atoms. The molecule has 4 aromatic rings. The van der Waals surface area contributed by atoms with Crippen LogP contribution in [0.5, 0.6) is 0 Å². The number of carbonyl (C=O) groups is 1. The van der Waals surface area contributed by atoms with Gasteiger partial charge in [-0.25, -0.2) is 14.2 Å². The lowest BCUT2D eigenvalue weighted by molar-refractivity contribution is 0.0814. The second-order valence-corrected chi connectivity index (χ2v) is 7.51. The Morgan fingerprint density at radius 3 is 2.97 bits per heavy atom. The van der Waals surface area contributed by atoms with E-state index in [1.165, 1.54) is 4.52 Å². The first kappa shape index (κ1) is 20.0. The number of anilines is 1. The maximum atomic E-state index is 12.8. The topological polar surface area (TPSA) is 125 Å². The summed E-state index contributed by atoms with van der Waals surface area (Å²) in [6.45, 7) is 4.28. The molecule has 11 heteroatoms. The van der Waals surface area contributed by atoms with Gasteiger partial charge >= 0.3 is 0 Å². The number of ether oxygens (including phenoxy) is 1. The molecule has 4 rings (SSSR count). The number of amides is 1. The van der Waals surface area contributed by atoms with Crippen molar-refractivity contribution < 1.29 is 9.53 Å². The SMILES string of the molecule is Cc1nc2ccc(Cl)nn2c1C(=O)N[C@H](C)COCc1cc(N)c2nnn(C)c2c1. The highest BCUT2D eigenvalue weighted by atomic mass is 35.5. The number of aromatic nitrogens is 6. The number of halogens is 1. The van der Waals surface area contributed by atoms with Gasteiger partial charge in [-0.1, -0.05) is 16.8 Å². The molecular formula is C19H21ClN8O2. The summed E-state index contributed by atoms with van der Waals surface area (Å²) in [6.07, 6.45) is 0. The summed E-state index contributed by atoms with van der Waals surface area (Å²) < 4.78 is 8.89. The minimum atomic E-state index is -0.294. The molecule has 3 N–H and O–H groups in total. The van der Waals surface area contributed by atoms with Gasteiger partial charge in [0.1, 0.15) is 10.7 Å². The predicted molar refractivity (Wildman–Crippen MR) is 112 cm³/mol. The third kappa shape index (κ3) is 3.79. The molecule has 0 bridgehead atoms. The van der Waals surface area contributed by atoms with Gasteiger partial charge in [0, 0.05) is 13.1 Å². The van der Waals surface area contributed by atoms with Crippen molar-refractivity contribution in [1.29, 1.82) is 0 Å². The molecule has 0 radical (unpaired) electrons. The van der Waals surface area contributed by atoms with E-state index in [9.17, 15) is 4.79 Å². The summed E-state index contributed by atoms with van der Waals surface area (Å²) in [5.74, 6) is -0.294. The number of nitrogen functional groups attached to an aromatic ring is 1. The lowest BCUT2D eigenvalue weighted by Crippen LogP contribution is -2.37. The molecule has 1 aromatic carbocycles. The van der Waals surface area contributed by atoms with Crippen molar-refractivity contribution >= 4 is 39.9 Å². The van der Waals surface area contributed by atoms with Gasteiger partial charge in [0.15, 0.2) is 11.3 Å². The summed E-state index contributed by atoms with van der Waals surface area (Å²) in [5, 5.41) is 15.4. The van der Waals surface area contributed by atoms with Crippen molar-refractivity contribution in [3.63, 3.8) is 0 Å². The van der Waals surface area contributed by atoms with Crippen molar-refractivity contribution in [2.45, 2.75) is 26.5 Å². The van der Waals surface area contributed by atoms with Gasteiger partial charge in [-0.2, -0.15) is 5.10 Å². The van der Waals surface area contributed by atoms with Gasteiger partial charge in [-0.15, -0.1) is 5.10 Å². The number of nitrogens with one attached hydrogen (secondary N) is 1. The van der Waals surface area contributed by atoms with Crippen molar-refractivity contribution in [2.75, 3.05) is 12.3 Å². The van der Waals surface area contributed by atoms with Crippen molar-refractivity contribution in [3.05, 3.63) is 46.4 Å². The van der Waals surface area contributed by atoms with Crippen LogP contribution in [-0.2, 0) is 18.4 Å². The highest BCUT2D eigenvalue weighted by Crippen LogP contribution is 2.21. The Kier molecular flexibility index (Phi) is 5.27. The fraction of sp³-hybridized carbons (Fsp3) is 0.316. The molecule has 0 fully saturated rings. The summed E-state index contributed by atoms with van der Waals surface area (Å²) in [6, 6.07) is 6.86. The normalized spacial score (nSPS) is 12.5. The maximum absolute atomic E-state index is 12.8. The molecule has 10 nitrogen and oxygen atoms in total. The summed E-state index contributed by atoms with van der Waals surface area (Å²) in [5.41, 5.74) is 10.5. The van der Waals surface area contributed by atoms with Crippen LogP contribution in [0.25, 0.3) is 16.7 Å². The number of hydrogen-bond donors (Lipinski definition) is 2. The van der Waals surface area contributed by atoms with E-state index in [4.69, 9.17) is 22.1 Å². The molecule has 3 heterocycles. The Balaban J connectivity index is 1.39. The summed E-state index contributed by atoms with van der Waals surface area (Å²) in [7, 11) is 1.81. The monoisotopic (exact) mass is 428 g/mol. The zero-order valence-electron chi connectivity index (χ0n) is 16.8. The van der Waals surface area contributed by atoms with Crippen LogP contribution in [0.15, 0.2) is 24.3 Å². The molecule has 30 heavy (non-hydrogen) atoms. The standard InChI is InChI=1S/C19H21ClN8O2/c1-10(8-30-9-12-6-13(21)17-14(7-12)27(3)26-24-17)22-19(29)18-11(2)23-16-5-4-15(20)25-28(16)18/h4-7,10H,8-9,21H2,1-3H3,(H,22,29)/t10-/m1/s1. The first-order chi connectivity index (χ1) is 14.3. The maximum Gasteiger partial charge on any atom is 0.272 e. The average Bonchev–Trinajstić information content (AvgIpc) is 3.21. The van der Waals surface area contributed by atoms with Gasteiger partial charge in [-0.05, 0) is 43.7 Å². The second kappa shape index (κ2) is 7.88. The fourth-order valence-electron chi connectivity index (χ4n) is 3.27. The molecule has 1 atom stereocenters. The van der Waals surface area contributed by atoms with Crippen LogP contribution < -0.4 is 11.1 Å². The number of nitrogens with zero attached hydrogens (tertiary/aromatic N) is 6. The van der Waals surface area contributed by atoms with Crippen LogP contribution in [0.4, 0.5) is 5.69 Å². The Morgan fingerprint density at radius 1 is 1.37 bits per heavy atom. The zero-order valence-corrected chi connectivity index (χ0v) is 17.5. The Hall–Kier alpha value is -3.24. The number of fused-ring (bicyclic) bond motifs is 2. The largest absolute Gasteiger partial charge is 0.397 e. The molecular weight excluding hydrogens is 408 g/mol. The number of rotatable bonds is 6. The van der Waals surface area contributed by atoms with E-state index in [1.807, 2.05) is 19.1 Å².